The van der Waals surface area contributed by atoms with Crippen molar-refractivity contribution in [2.75, 3.05) is 62.3 Å². The van der Waals surface area contributed by atoms with Gasteiger partial charge in [0.1, 0.15) is 0 Å². The first-order valence-corrected chi connectivity index (χ1v) is 13.9. The third kappa shape index (κ3) is 30.0. The molecule has 0 N–H and O–H groups in total. The Morgan fingerprint density at radius 3 is 0.710 bits per heavy atom. The van der Waals surface area contributed by atoms with Crippen LogP contribution in [0, 0.1) is 0 Å². The molecule has 0 heterocycles. The molecule has 0 atom stereocenters. The van der Waals surface area contributed by atoms with E-state index in [0.717, 1.165) is 9.80 Å². The molecule has 0 amide bonds. The molecule has 178 valence electrons. The largest absolute Gasteiger partial charge is 2.00 e. The smallest absolute Gasteiger partial charge is 0.748 e. The van der Waals surface area contributed by atoms with Crippen molar-refractivity contribution in [3.8, 4) is 0 Å². The third-order valence-electron chi connectivity index (χ3n) is 3.36. The van der Waals surface area contributed by atoms with Crippen LogP contribution in [-0.4, -0.2) is 124 Å². The molecule has 21 heteroatoms. The summed E-state index contributed by atoms with van der Waals surface area (Å²) in [6, 6.07) is 0. The molecule has 0 aromatic carbocycles. The predicted molar refractivity (Wildman–Crippen MR) is 91.1 cm³/mol. The summed E-state index contributed by atoms with van der Waals surface area (Å²) in [6.07, 6.45) is 0. The Morgan fingerprint density at radius 2 is 0.581 bits per heavy atom. The van der Waals surface area contributed by atoms with Gasteiger partial charge in [-0.25, -0.2) is 33.7 Å². The van der Waals surface area contributed by atoms with Crippen molar-refractivity contribution in [2.24, 2.45) is 0 Å². The average molecular weight is 593 g/mol. The standard InChI is InChI=1S/C10H24N2O12S4.2Na.Ni/c13-25(14,15)7-3-11(4-8-26(16,17)18)1-2-12(5-9-27(19,20)21)6-10-28(22,23)24;;;/h1-10H2,(H,13,14,15)(H,16,17,18)(H,19,20,21)(H,22,23,24);;;/q;2*+1;+2/p-4. The first kappa shape index (κ1) is 40.2. The van der Waals surface area contributed by atoms with E-state index in [4.69, 9.17) is 0 Å². The Hall–Kier alpha value is 2.05. The molecule has 0 aromatic heterocycles. The van der Waals surface area contributed by atoms with Gasteiger partial charge in [-0.1, -0.05) is 0 Å². The predicted octanol–water partition coefficient (Wildman–Crippen LogP) is -10.2. The molecule has 0 saturated heterocycles. The van der Waals surface area contributed by atoms with E-state index in [-0.39, 0.29) is 88.7 Å². The van der Waals surface area contributed by atoms with Gasteiger partial charge in [0.05, 0.1) is 63.5 Å². The number of hydrogen-bond donors (Lipinski definition) is 0. The maximum atomic E-state index is 10.7. The zero-order valence-electron chi connectivity index (χ0n) is 16.8. The Kier molecular flexibility index (Phi) is 22.7. The molecule has 14 nitrogen and oxygen atoms in total. The summed E-state index contributed by atoms with van der Waals surface area (Å²) in [5.74, 6) is -3.57. The second-order valence-corrected chi connectivity index (χ2v) is 11.8. The Bertz CT molecular complexity index is 763. The van der Waals surface area contributed by atoms with Crippen molar-refractivity contribution in [1.82, 2.24) is 9.80 Å². The molecule has 0 rings (SSSR count). The molecule has 0 aromatic rings. The summed E-state index contributed by atoms with van der Waals surface area (Å²) in [5.41, 5.74) is 0. The zero-order valence-corrected chi connectivity index (χ0v) is 25.1. The van der Waals surface area contributed by atoms with Gasteiger partial charge in [-0.3, -0.25) is 0 Å². The fraction of sp³-hybridized carbons (Fsp3) is 1.00. The molecule has 31 heavy (non-hydrogen) atoms. The topological polar surface area (TPSA) is 235 Å². The van der Waals surface area contributed by atoms with E-state index in [0.29, 0.717) is 0 Å². The summed E-state index contributed by atoms with van der Waals surface area (Å²) in [4.78, 5) is 2.24. The van der Waals surface area contributed by atoms with Gasteiger partial charge >= 0.3 is 75.6 Å². The van der Waals surface area contributed by atoms with Gasteiger partial charge in [0.15, 0.2) is 0 Å². The zero-order chi connectivity index (χ0) is 22.2. The Labute approximate surface area is 237 Å². The summed E-state index contributed by atoms with van der Waals surface area (Å²) in [6.45, 7) is -2.13. The normalized spacial score (nSPS) is 12.7. The minimum Gasteiger partial charge on any atom is -0.748 e. The van der Waals surface area contributed by atoms with Crippen LogP contribution in [0.15, 0.2) is 0 Å². The van der Waals surface area contributed by atoms with E-state index in [9.17, 15) is 51.9 Å². The SMILES string of the molecule is O=S(=O)([O-])CCN(CCN(CCS(=O)(=O)[O-])CCS(=O)(=O)[O-])CCS(=O)(=O)[O-].[Na+].[Na+].[Ni+2]. The van der Waals surface area contributed by atoms with Crippen molar-refractivity contribution in [3.63, 3.8) is 0 Å². The van der Waals surface area contributed by atoms with Crippen molar-refractivity contribution >= 4 is 40.5 Å². The van der Waals surface area contributed by atoms with Crippen LogP contribution in [0.3, 0.4) is 0 Å². The van der Waals surface area contributed by atoms with Crippen molar-refractivity contribution in [1.29, 1.82) is 0 Å². The maximum Gasteiger partial charge on any atom is 2.00 e. The van der Waals surface area contributed by atoms with Gasteiger partial charge in [-0.15, -0.1) is 0 Å². The molecule has 0 unspecified atom stereocenters. The van der Waals surface area contributed by atoms with E-state index in [2.05, 4.69) is 0 Å². The third-order valence-corrected chi connectivity index (χ3v) is 6.09. The molecule has 0 radical (unpaired) electrons. The minimum absolute atomic E-state index is 0. The van der Waals surface area contributed by atoms with Gasteiger partial charge in [-0.05, 0) is 0 Å². The van der Waals surface area contributed by atoms with Gasteiger partial charge < -0.3 is 28.0 Å². The number of rotatable bonds is 15. The van der Waals surface area contributed by atoms with Crippen LogP contribution in [0.4, 0.5) is 0 Å². The van der Waals surface area contributed by atoms with Crippen LogP contribution < -0.4 is 59.1 Å². The Morgan fingerprint density at radius 1 is 0.419 bits per heavy atom. The van der Waals surface area contributed by atoms with E-state index >= 15 is 0 Å². The van der Waals surface area contributed by atoms with Gasteiger partial charge in [0.2, 0.25) is 0 Å². The molecule has 0 aliphatic rings. The average Bonchev–Trinajstić information content (AvgIpc) is 2.44. The molecule has 0 saturated carbocycles. The van der Waals surface area contributed by atoms with E-state index in [1.807, 2.05) is 0 Å². The monoisotopic (exact) mass is 592 g/mol. The quantitative estimate of drug-likeness (QED) is 0.127. The molecule has 0 aliphatic carbocycles. The fourth-order valence-corrected chi connectivity index (χ4v) is 3.84. The minimum atomic E-state index is -4.64. The van der Waals surface area contributed by atoms with Crippen molar-refractivity contribution in [2.45, 2.75) is 0 Å². The second-order valence-electron chi connectivity index (χ2n) is 5.73. The van der Waals surface area contributed by atoms with Crippen molar-refractivity contribution in [3.05, 3.63) is 0 Å². The van der Waals surface area contributed by atoms with Crippen LogP contribution >= 0.6 is 0 Å². The molecule has 0 fully saturated rings. The van der Waals surface area contributed by atoms with E-state index in [1.165, 1.54) is 0 Å². The van der Waals surface area contributed by atoms with Crippen LogP contribution in [0.1, 0.15) is 0 Å². The maximum absolute atomic E-state index is 10.7. The molecule has 0 spiro atoms. The van der Waals surface area contributed by atoms with Crippen LogP contribution in [-0.2, 0) is 57.0 Å². The molecular weight excluding hydrogens is 573 g/mol. The Balaban J connectivity index is -0.00000121. The summed E-state index contributed by atoms with van der Waals surface area (Å²) in [7, 11) is -18.6. The van der Waals surface area contributed by atoms with Crippen molar-refractivity contribution < 1.29 is 127 Å². The van der Waals surface area contributed by atoms with Crippen LogP contribution in [0.25, 0.3) is 0 Å². The summed E-state index contributed by atoms with van der Waals surface area (Å²) >= 11 is 0. The summed E-state index contributed by atoms with van der Waals surface area (Å²) < 4.78 is 129. The van der Waals surface area contributed by atoms with Gasteiger partial charge in [0, 0.05) is 39.3 Å². The van der Waals surface area contributed by atoms with E-state index < -0.39 is 89.7 Å². The molecule has 0 bridgehead atoms. The molecular formula is C10H20N2Na2NiO12S4. The first-order valence-electron chi connectivity index (χ1n) is 7.55. The number of hydrogen-bond acceptors (Lipinski definition) is 14. The number of nitrogens with zero attached hydrogens (tertiary/aromatic N) is 2. The van der Waals surface area contributed by atoms with Crippen LogP contribution in [0.5, 0.6) is 0 Å². The van der Waals surface area contributed by atoms with E-state index in [1.54, 1.807) is 0 Å². The first-order chi connectivity index (χ1) is 12.4. The summed E-state index contributed by atoms with van der Waals surface area (Å²) in [5, 5.41) is 0. The molecule has 0 aliphatic heterocycles. The fourth-order valence-electron chi connectivity index (χ4n) is 1.92. The van der Waals surface area contributed by atoms with Crippen LogP contribution in [0.2, 0.25) is 0 Å². The van der Waals surface area contributed by atoms with Gasteiger partial charge in [0.25, 0.3) is 0 Å². The van der Waals surface area contributed by atoms with Gasteiger partial charge in [-0.2, -0.15) is 0 Å². The second kappa shape index (κ2) is 17.5.